The molecule has 0 amide bonds. The van der Waals surface area contributed by atoms with Gasteiger partial charge in [-0.15, -0.1) is 11.3 Å². The van der Waals surface area contributed by atoms with Crippen molar-refractivity contribution in [2.24, 2.45) is 0 Å². The second-order valence-corrected chi connectivity index (χ2v) is 3.78. The zero-order chi connectivity index (χ0) is 9.35. The average molecular weight is 259 g/mol. The first-order valence-electron chi connectivity index (χ1n) is 2.77. The van der Waals surface area contributed by atoms with Crippen LogP contribution in [0.3, 0.4) is 0 Å². The maximum absolute atomic E-state index is 11.8. The van der Waals surface area contributed by atoms with Crippen molar-refractivity contribution in [2.75, 3.05) is 0 Å². The second kappa shape index (κ2) is 3.18. The van der Waals surface area contributed by atoms with Crippen molar-refractivity contribution in [3.63, 3.8) is 0 Å². The number of carbonyl (C=O) groups is 1. The molecule has 0 aromatic carbocycles. The highest BCUT2D eigenvalue weighted by molar-refractivity contribution is 9.10. The Balaban J connectivity index is 2.93. The Morgan fingerprint density at radius 1 is 1.50 bits per heavy atom. The number of hydrogen-bond acceptors (Lipinski definition) is 2. The Kier molecular flexibility index (Phi) is 2.58. The molecule has 0 aliphatic carbocycles. The fraction of sp³-hybridized carbons (Fsp3) is 0.167. The van der Waals surface area contributed by atoms with Crippen molar-refractivity contribution < 1.29 is 18.0 Å². The van der Waals surface area contributed by atoms with Gasteiger partial charge in [0.2, 0.25) is 0 Å². The van der Waals surface area contributed by atoms with Gasteiger partial charge in [-0.1, -0.05) is 0 Å². The molecule has 0 saturated carbocycles. The van der Waals surface area contributed by atoms with Crippen molar-refractivity contribution in [2.45, 2.75) is 6.18 Å². The molecule has 0 N–H and O–H groups in total. The van der Waals surface area contributed by atoms with E-state index in [-0.39, 0.29) is 4.88 Å². The minimum absolute atomic E-state index is 0.297. The summed E-state index contributed by atoms with van der Waals surface area (Å²) in [5.74, 6) is -1.79. The monoisotopic (exact) mass is 258 g/mol. The van der Waals surface area contributed by atoms with E-state index < -0.39 is 12.0 Å². The van der Waals surface area contributed by atoms with Gasteiger partial charge in [0.15, 0.2) is 0 Å². The van der Waals surface area contributed by atoms with E-state index in [0.717, 1.165) is 17.4 Å². The van der Waals surface area contributed by atoms with E-state index in [0.29, 0.717) is 4.47 Å². The third-order valence-corrected chi connectivity index (χ3v) is 2.74. The fourth-order valence-electron chi connectivity index (χ4n) is 0.572. The summed E-state index contributed by atoms with van der Waals surface area (Å²) in [4.78, 5) is 10.2. The van der Waals surface area contributed by atoms with E-state index in [9.17, 15) is 18.0 Å². The van der Waals surface area contributed by atoms with Gasteiger partial charge in [-0.05, 0) is 22.0 Å². The van der Waals surface area contributed by atoms with Gasteiger partial charge < -0.3 is 0 Å². The summed E-state index contributed by atoms with van der Waals surface area (Å²) in [7, 11) is 0. The first kappa shape index (κ1) is 9.73. The number of thiophene rings is 1. The molecule has 0 unspecified atom stereocenters. The third-order valence-electron chi connectivity index (χ3n) is 1.05. The molecule has 12 heavy (non-hydrogen) atoms. The topological polar surface area (TPSA) is 17.1 Å². The Hall–Kier alpha value is -0.360. The third kappa shape index (κ3) is 2.07. The lowest BCUT2D eigenvalue weighted by Gasteiger charge is -2.00. The number of ketones is 1. The number of hydrogen-bond donors (Lipinski definition) is 0. The van der Waals surface area contributed by atoms with E-state index in [4.69, 9.17) is 0 Å². The molecule has 0 fully saturated rings. The number of carbonyl (C=O) groups excluding carboxylic acids is 1. The van der Waals surface area contributed by atoms with E-state index in [1.807, 2.05) is 0 Å². The molecule has 66 valence electrons. The van der Waals surface area contributed by atoms with Crippen LogP contribution in [0.5, 0.6) is 0 Å². The Labute approximate surface area is 78.3 Å². The van der Waals surface area contributed by atoms with Crippen LogP contribution >= 0.6 is 27.3 Å². The van der Waals surface area contributed by atoms with Crippen molar-refractivity contribution in [3.05, 3.63) is 20.8 Å². The molecule has 0 saturated heterocycles. The quantitative estimate of drug-likeness (QED) is 0.707. The molecule has 0 aliphatic rings. The summed E-state index contributed by atoms with van der Waals surface area (Å²) in [6.07, 6.45) is -4.77. The maximum Gasteiger partial charge on any atom is 0.455 e. The zero-order valence-electron chi connectivity index (χ0n) is 5.48. The van der Waals surface area contributed by atoms with Crippen LogP contribution in [-0.2, 0) is 0 Å². The van der Waals surface area contributed by atoms with Crippen LogP contribution in [0.25, 0.3) is 0 Å². The summed E-state index contributed by atoms with van der Waals surface area (Å²) in [5, 5.41) is 1.43. The van der Waals surface area contributed by atoms with Gasteiger partial charge in [0.1, 0.15) is 0 Å². The second-order valence-electron chi connectivity index (χ2n) is 1.96. The van der Waals surface area contributed by atoms with E-state index >= 15 is 0 Å². The number of halogens is 4. The van der Waals surface area contributed by atoms with Crippen LogP contribution in [0, 0.1) is 0 Å². The molecule has 0 bridgehead atoms. The summed E-state index contributed by atoms with van der Waals surface area (Å²) in [5.41, 5.74) is 0. The van der Waals surface area contributed by atoms with Crippen molar-refractivity contribution in [3.8, 4) is 0 Å². The van der Waals surface area contributed by atoms with Gasteiger partial charge in [0.25, 0.3) is 5.78 Å². The smallest absolute Gasteiger partial charge is 0.283 e. The molecule has 0 aliphatic heterocycles. The van der Waals surface area contributed by atoms with Crippen LogP contribution in [-0.4, -0.2) is 12.0 Å². The van der Waals surface area contributed by atoms with Gasteiger partial charge in [0, 0.05) is 9.85 Å². The highest BCUT2D eigenvalue weighted by atomic mass is 79.9. The largest absolute Gasteiger partial charge is 0.455 e. The predicted octanol–water partition coefficient (Wildman–Crippen LogP) is 3.26. The summed E-state index contributed by atoms with van der Waals surface area (Å²) in [6.45, 7) is 0. The SMILES string of the molecule is O=C(c1cc(Br)cs1)C(F)(F)F. The Morgan fingerprint density at radius 2 is 2.08 bits per heavy atom. The van der Waals surface area contributed by atoms with Gasteiger partial charge in [-0.3, -0.25) is 4.79 Å². The van der Waals surface area contributed by atoms with E-state index in [1.165, 1.54) is 5.38 Å². The van der Waals surface area contributed by atoms with Crippen LogP contribution in [0.2, 0.25) is 0 Å². The average Bonchev–Trinajstić information content (AvgIpc) is 2.32. The number of rotatable bonds is 1. The lowest BCUT2D eigenvalue weighted by Crippen LogP contribution is -2.21. The normalized spacial score (nSPS) is 11.7. The molecule has 1 nitrogen and oxygen atoms in total. The zero-order valence-corrected chi connectivity index (χ0v) is 7.89. The molecule has 0 spiro atoms. The van der Waals surface area contributed by atoms with Gasteiger partial charge in [-0.25, -0.2) is 0 Å². The molecular formula is C6H2BrF3OS. The van der Waals surface area contributed by atoms with Crippen LogP contribution in [0.1, 0.15) is 9.67 Å². The van der Waals surface area contributed by atoms with Crippen molar-refractivity contribution in [1.29, 1.82) is 0 Å². The molecule has 1 heterocycles. The molecule has 6 heteroatoms. The Bertz CT molecular complexity index is 304. The van der Waals surface area contributed by atoms with E-state index in [2.05, 4.69) is 15.9 Å². The molecular weight excluding hydrogens is 257 g/mol. The molecule has 1 aromatic heterocycles. The summed E-state index contributed by atoms with van der Waals surface area (Å²) in [6, 6.07) is 1.15. The molecule has 0 radical (unpaired) electrons. The Morgan fingerprint density at radius 3 is 2.42 bits per heavy atom. The van der Waals surface area contributed by atoms with Crippen LogP contribution in [0.15, 0.2) is 15.9 Å². The molecule has 0 atom stereocenters. The molecule has 1 rings (SSSR count). The van der Waals surface area contributed by atoms with Gasteiger partial charge in [-0.2, -0.15) is 13.2 Å². The minimum atomic E-state index is -4.77. The van der Waals surface area contributed by atoms with Gasteiger partial charge >= 0.3 is 6.18 Å². The van der Waals surface area contributed by atoms with Crippen molar-refractivity contribution >= 4 is 33.0 Å². The van der Waals surface area contributed by atoms with Crippen LogP contribution < -0.4 is 0 Å². The standard InChI is InChI=1S/C6H2BrF3OS/c7-3-1-4(12-2-3)5(11)6(8,9)10/h1-2H. The van der Waals surface area contributed by atoms with Crippen LogP contribution in [0.4, 0.5) is 13.2 Å². The first-order chi connectivity index (χ1) is 5.41. The predicted molar refractivity (Wildman–Crippen MR) is 42.4 cm³/mol. The minimum Gasteiger partial charge on any atom is -0.283 e. The lowest BCUT2D eigenvalue weighted by molar-refractivity contribution is -0.0882. The fourth-order valence-corrected chi connectivity index (χ4v) is 1.96. The maximum atomic E-state index is 11.8. The lowest BCUT2D eigenvalue weighted by atomic mass is 10.3. The summed E-state index contributed by atoms with van der Waals surface area (Å²) < 4.78 is 35.8. The van der Waals surface area contributed by atoms with E-state index in [1.54, 1.807) is 0 Å². The number of alkyl halides is 3. The van der Waals surface area contributed by atoms with Gasteiger partial charge in [0.05, 0.1) is 4.88 Å². The first-order valence-corrected chi connectivity index (χ1v) is 4.44. The van der Waals surface area contributed by atoms with Crippen molar-refractivity contribution in [1.82, 2.24) is 0 Å². The highest BCUT2D eigenvalue weighted by Gasteiger charge is 2.39. The highest BCUT2D eigenvalue weighted by Crippen LogP contribution is 2.27. The number of Topliss-reactive ketones (excluding diaryl/α,β-unsaturated/α-hetero) is 1. The summed E-state index contributed by atoms with van der Waals surface area (Å²) >= 11 is 3.73. The molecule has 1 aromatic rings.